The predicted octanol–water partition coefficient (Wildman–Crippen LogP) is 1.57. The SMILES string of the molecule is NC(=O)NN=Cc1c(F)ccc2occc12. The lowest BCUT2D eigenvalue weighted by Crippen LogP contribution is -2.24. The molecule has 2 amide bonds. The average Bonchev–Trinajstić information content (AvgIpc) is 2.69. The van der Waals surface area contributed by atoms with Crippen LogP contribution in [0.4, 0.5) is 9.18 Å². The van der Waals surface area contributed by atoms with Crippen LogP contribution in [0.3, 0.4) is 0 Å². The van der Waals surface area contributed by atoms with E-state index in [1.807, 2.05) is 5.43 Å². The van der Waals surface area contributed by atoms with E-state index in [4.69, 9.17) is 10.2 Å². The van der Waals surface area contributed by atoms with Crippen LogP contribution in [0.2, 0.25) is 0 Å². The van der Waals surface area contributed by atoms with Gasteiger partial charge in [-0.15, -0.1) is 0 Å². The molecule has 82 valence electrons. The highest BCUT2D eigenvalue weighted by Gasteiger charge is 2.07. The Labute approximate surface area is 89.7 Å². The number of carbonyl (C=O) groups is 1. The summed E-state index contributed by atoms with van der Waals surface area (Å²) in [7, 11) is 0. The van der Waals surface area contributed by atoms with Crippen LogP contribution in [0.5, 0.6) is 0 Å². The second kappa shape index (κ2) is 4.01. The van der Waals surface area contributed by atoms with Gasteiger partial charge >= 0.3 is 6.03 Å². The fraction of sp³-hybridized carbons (Fsp3) is 0. The molecule has 6 heteroatoms. The van der Waals surface area contributed by atoms with Gasteiger partial charge in [0.15, 0.2) is 0 Å². The van der Waals surface area contributed by atoms with Crippen LogP contribution in [-0.2, 0) is 0 Å². The first-order valence-corrected chi connectivity index (χ1v) is 4.42. The Kier molecular flexibility index (Phi) is 2.55. The second-order valence-electron chi connectivity index (χ2n) is 3.03. The van der Waals surface area contributed by atoms with Crippen molar-refractivity contribution in [3.8, 4) is 0 Å². The Morgan fingerprint density at radius 2 is 2.31 bits per heavy atom. The first-order chi connectivity index (χ1) is 7.68. The van der Waals surface area contributed by atoms with Crippen LogP contribution in [0, 0.1) is 5.82 Å². The van der Waals surface area contributed by atoms with E-state index >= 15 is 0 Å². The zero-order valence-electron chi connectivity index (χ0n) is 8.11. The molecule has 0 unspecified atom stereocenters. The summed E-state index contributed by atoms with van der Waals surface area (Å²) >= 11 is 0. The lowest BCUT2D eigenvalue weighted by molar-refractivity contribution is 0.249. The van der Waals surface area contributed by atoms with E-state index in [1.54, 1.807) is 6.07 Å². The third-order valence-corrected chi connectivity index (χ3v) is 1.99. The molecule has 2 aromatic rings. The normalized spacial score (nSPS) is 11.1. The molecule has 1 aromatic carbocycles. The van der Waals surface area contributed by atoms with E-state index < -0.39 is 11.8 Å². The van der Waals surface area contributed by atoms with Crippen molar-refractivity contribution in [3.63, 3.8) is 0 Å². The minimum absolute atomic E-state index is 0.236. The molecule has 0 fully saturated rings. The highest BCUT2D eigenvalue weighted by Crippen LogP contribution is 2.21. The Morgan fingerprint density at radius 3 is 3.06 bits per heavy atom. The van der Waals surface area contributed by atoms with E-state index in [1.165, 1.54) is 24.6 Å². The molecule has 0 saturated carbocycles. The highest BCUT2D eigenvalue weighted by atomic mass is 19.1. The van der Waals surface area contributed by atoms with Gasteiger partial charge in [-0.05, 0) is 18.2 Å². The molecular formula is C10H8FN3O2. The molecule has 3 N–H and O–H groups in total. The summed E-state index contributed by atoms with van der Waals surface area (Å²) in [6.07, 6.45) is 2.63. The van der Waals surface area contributed by atoms with Crippen molar-refractivity contribution < 1.29 is 13.6 Å². The maximum absolute atomic E-state index is 13.4. The van der Waals surface area contributed by atoms with Crippen molar-refractivity contribution in [1.82, 2.24) is 5.43 Å². The maximum atomic E-state index is 13.4. The Balaban J connectivity index is 2.41. The number of carbonyl (C=O) groups excluding carboxylic acids is 1. The van der Waals surface area contributed by atoms with Crippen molar-refractivity contribution in [2.45, 2.75) is 0 Å². The molecule has 0 aliphatic carbocycles. The van der Waals surface area contributed by atoms with Gasteiger partial charge in [0.1, 0.15) is 11.4 Å². The van der Waals surface area contributed by atoms with Gasteiger partial charge in [-0.1, -0.05) is 0 Å². The van der Waals surface area contributed by atoms with Crippen LogP contribution in [-0.4, -0.2) is 12.2 Å². The highest BCUT2D eigenvalue weighted by molar-refractivity contribution is 5.98. The molecule has 0 spiro atoms. The number of urea groups is 1. The van der Waals surface area contributed by atoms with E-state index in [-0.39, 0.29) is 5.56 Å². The van der Waals surface area contributed by atoms with E-state index in [0.717, 1.165) is 0 Å². The van der Waals surface area contributed by atoms with Gasteiger partial charge in [0.25, 0.3) is 0 Å². The molecule has 0 atom stereocenters. The smallest absolute Gasteiger partial charge is 0.332 e. The van der Waals surface area contributed by atoms with Crippen LogP contribution in [0.1, 0.15) is 5.56 Å². The Hall–Kier alpha value is -2.37. The van der Waals surface area contributed by atoms with E-state index in [0.29, 0.717) is 11.0 Å². The number of fused-ring (bicyclic) bond motifs is 1. The molecule has 0 radical (unpaired) electrons. The van der Waals surface area contributed by atoms with Crippen LogP contribution < -0.4 is 11.2 Å². The van der Waals surface area contributed by atoms with Crippen molar-refractivity contribution in [2.24, 2.45) is 10.8 Å². The molecular weight excluding hydrogens is 213 g/mol. The monoisotopic (exact) mass is 221 g/mol. The largest absolute Gasteiger partial charge is 0.464 e. The molecule has 0 saturated heterocycles. The summed E-state index contributed by atoms with van der Waals surface area (Å²) in [5, 5.41) is 4.08. The van der Waals surface area contributed by atoms with Crippen molar-refractivity contribution in [3.05, 3.63) is 35.8 Å². The lowest BCUT2D eigenvalue weighted by atomic mass is 10.1. The molecule has 0 aliphatic rings. The number of hydrazone groups is 1. The first-order valence-electron chi connectivity index (χ1n) is 4.42. The van der Waals surface area contributed by atoms with Gasteiger partial charge in [-0.2, -0.15) is 5.10 Å². The predicted molar refractivity (Wildman–Crippen MR) is 56.5 cm³/mol. The fourth-order valence-corrected chi connectivity index (χ4v) is 1.33. The summed E-state index contributed by atoms with van der Waals surface area (Å²) < 4.78 is 18.5. The number of halogens is 1. The van der Waals surface area contributed by atoms with Gasteiger partial charge in [-0.3, -0.25) is 0 Å². The number of nitrogens with two attached hydrogens (primary N) is 1. The minimum atomic E-state index is -0.809. The number of furan rings is 1. The third-order valence-electron chi connectivity index (χ3n) is 1.99. The van der Waals surface area contributed by atoms with Gasteiger partial charge in [-0.25, -0.2) is 14.6 Å². The number of amides is 2. The standard InChI is InChI=1S/C10H8FN3O2/c11-8-1-2-9-6(3-4-16-9)7(8)5-13-14-10(12)15/h1-5H,(H3,12,14,15). The Morgan fingerprint density at radius 1 is 1.50 bits per heavy atom. The molecule has 0 aliphatic heterocycles. The van der Waals surface area contributed by atoms with Crippen LogP contribution in [0.25, 0.3) is 11.0 Å². The molecule has 0 bridgehead atoms. The summed E-state index contributed by atoms with van der Waals surface area (Å²) in [4.78, 5) is 10.4. The van der Waals surface area contributed by atoms with Crippen LogP contribution in [0.15, 0.2) is 34.0 Å². The minimum Gasteiger partial charge on any atom is -0.464 e. The molecule has 1 aromatic heterocycles. The summed E-state index contributed by atoms with van der Waals surface area (Å²) in [6.45, 7) is 0. The van der Waals surface area contributed by atoms with Gasteiger partial charge in [0, 0.05) is 10.9 Å². The Bertz CT molecular complexity index is 562. The van der Waals surface area contributed by atoms with E-state index in [9.17, 15) is 9.18 Å². The van der Waals surface area contributed by atoms with E-state index in [2.05, 4.69) is 5.10 Å². The maximum Gasteiger partial charge on any atom is 0.332 e. The second-order valence-corrected chi connectivity index (χ2v) is 3.03. The topological polar surface area (TPSA) is 80.6 Å². The summed E-state index contributed by atoms with van der Waals surface area (Å²) in [6, 6.07) is 3.58. The summed E-state index contributed by atoms with van der Waals surface area (Å²) in [5.74, 6) is -0.455. The number of rotatable bonds is 2. The van der Waals surface area contributed by atoms with Gasteiger partial charge in [0.05, 0.1) is 12.5 Å². The van der Waals surface area contributed by atoms with Crippen LogP contribution >= 0.6 is 0 Å². The average molecular weight is 221 g/mol. The first kappa shape index (κ1) is 10.2. The third kappa shape index (κ3) is 1.85. The van der Waals surface area contributed by atoms with Crippen molar-refractivity contribution >= 4 is 23.2 Å². The fourth-order valence-electron chi connectivity index (χ4n) is 1.33. The quantitative estimate of drug-likeness (QED) is 0.596. The van der Waals surface area contributed by atoms with Crippen molar-refractivity contribution in [1.29, 1.82) is 0 Å². The number of hydrogen-bond donors (Lipinski definition) is 2. The molecule has 2 rings (SSSR count). The van der Waals surface area contributed by atoms with Gasteiger partial charge in [0.2, 0.25) is 0 Å². The number of benzene rings is 1. The zero-order valence-corrected chi connectivity index (χ0v) is 8.11. The molecule has 16 heavy (non-hydrogen) atoms. The zero-order chi connectivity index (χ0) is 11.5. The number of nitrogens with one attached hydrogen (secondary N) is 1. The molecule has 1 heterocycles. The lowest BCUT2D eigenvalue weighted by Gasteiger charge is -1.97. The van der Waals surface area contributed by atoms with Crippen molar-refractivity contribution in [2.75, 3.05) is 0 Å². The molecule has 5 nitrogen and oxygen atoms in total. The number of primary amides is 1. The number of nitrogens with zero attached hydrogens (tertiary/aromatic N) is 1. The van der Waals surface area contributed by atoms with Gasteiger partial charge < -0.3 is 10.2 Å². The summed E-state index contributed by atoms with van der Waals surface area (Å²) in [5.41, 5.74) is 7.58. The number of hydrogen-bond acceptors (Lipinski definition) is 3.